The van der Waals surface area contributed by atoms with Crippen LogP contribution in [0.5, 0.6) is 17.2 Å². The molecule has 9 heteroatoms. The van der Waals surface area contributed by atoms with Gasteiger partial charge >= 0.3 is 6.03 Å². The van der Waals surface area contributed by atoms with E-state index in [0.29, 0.717) is 34.9 Å². The van der Waals surface area contributed by atoms with E-state index < -0.39 is 11.9 Å². The molecule has 0 radical (unpaired) electrons. The molecule has 47 heavy (non-hydrogen) atoms. The van der Waals surface area contributed by atoms with Gasteiger partial charge in [-0.05, 0) is 64.6 Å². The molecule has 1 aromatic heterocycles. The molecular formula is C38H36N4O5. The Hall–Kier alpha value is -5.85. The Morgan fingerprint density at radius 3 is 2.34 bits per heavy atom. The van der Waals surface area contributed by atoms with Gasteiger partial charge in [0, 0.05) is 40.7 Å². The van der Waals surface area contributed by atoms with Gasteiger partial charge in [0.15, 0.2) is 5.75 Å². The van der Waals surface area contributed by atoms with Crippen molar-refractivity contribution in [3.8, 4) is 29.6 Å². The lowest BCUT2D eigenvalue weighted by molar-refractivity contribution is 0.0997. The molecule has 0 spiro atoms. The summed E-state index contributed by atoms with van der Waals surface area (Å²) in [6, 6.07) is 23.3. The zero-order chi connectivity index (χ0) is 33.7. The number of carbonyl (C=O) groups excluding carboxylic acids is 2. The van der Waals surface area contributed by atoms with E-state index >= 15 is 0 Å². The first-order valence-corrected chi connectivity index (χ1v) is 14.9. The first kappa shape index (κ1) is 32.5. The van der Waals surface area contributed by atoms with E-state index in [-0.39, 0.29) is 23.3 Å². The summed E-state index contributed by atoms with van der Waals surface area (Å²) in [6.45, 7) is 5.89. The number of ether oxygens (including phenoxy) is 2. The van der Waals surface area contributed by atoms with E-state index in [0.717, 1.165) is 33.2 Å². The van der Waals surface area contributed by atoms with Crippen molar-refractivity contribution in [2.24, 2.45) is 5.73 Å². The molecule has 0 aliphatic rings. The number of aliphatic hydroxyl groups is 1. The summed E-state index contributed by atoms with van der Waals surface area (Å²) < 4.78 is 11.8. The third-order valence-corrected chi connectivity index (χ3v) is 7.61. The van der Waals surface area contributed by atoms with Crippen molar-refractivity contribution in [1.82, 2.24) is 4.98 Å². The number of methoxy groups -OCH3 is 1. The Kier molecular flexibility index (Phi) is 9.45. The molecule has 0 saturated heterocycles. The molecule has 4 aromatic carbocycles. The fraction of sp³-hybridized carbons (Fsp3) is 0.184. The molecular weight excluding hydrogens is 592 g/mol. The molecule has 5 N–H and O–H groups in total. The van der Waals surface area contributed by atoms with E-state index in [4.69, 9.17) is 21.6 Å². The monoisotopic (exact) mass is 628 g/mol. The minimum Gasteiger partial charge on any atom is -0.494 e. The number of pyridine rings is 1. The summed E-state index contributed by atoms with van der Waals surface area (Å²) in [5.74, 6) is 3.33. The minimum atomic E-state index is -0.659. The molecule has 1 heterocycles. The number of aliphatic hydroxyl groups excluding tert-OH is 1. The maximum atomic E-state index is 13.3. The van der Waals surface area contributed by atoms with Crippen molar-refractivity contribution in [2.75, 3.05) is 17.7 Å². The Morgan fingerprint density at radius 1 is 0.936 bits per heavy atom. The van der Waals surface area contributed by atoms with Crippen LogP contribution in [0.15, 0.2) is 85.1 Å². The zero-order valence-corrected chi connectivity index (χ0v) is 26.7. The quantitative estimate of drug-likeness (QED) is 0.128. The van der Waals surface area contributed by atoms with Crippen LogP contribution in [-0.4, -0.2) is 29.1 Å². The first-order chi connectivity index (χ1) is 22.5. The average molecular weight is 629 g/mol. The Morgan fingerprint density at radius 2 is 1.66 bits per heavy atom. The van der Waals surface area contributed by atoms with Gasteiger partial charge in [-0.3, -0.25) is 9.78 Å². The van der Waals surface area contributed by atoms with Crippen molar-refractivity contribution >= 4 is 34.1 Å². The van der Waals surface area contributed by atoms with Gasteiger partial charge in [-0.1, -0.05) is 57.0 Å². The number of urea groups is 1. The molecule has 5 aromatic rings. The van der Waals surface area contributed by atoms with Gasteiger partial charge in [-0.15, -0.1) is 6.42 Å². The van der Waals surface area contributed by atoms with Crippen LogP contribution in [0.3, 0.4) is 0 Å². The molecule has 0 saturated carbocycles. The lowest BCUT2D eigenvalue weighted by Crippen LogP contribution is -2.23. The molecule has 3 amide bonds. The van der Waals surface area contributed by atoms with Crippen molar-refractivity contribution in [2.45, 2.75) is 39.2 Å². The number of benzene rings is 4. The number of primary amides is 1. The standard InChI is InChI=1S/C38H36N4O5/c1-6-23-15-24(17-25(16-23)22-43)18-27-21-28(13-14-40-27)47-34-12-11-32(29-9-7-8-10-30(29)34)41-37(45)42-33-20-26(38(2,3)4)19-31(36(39)44)35(33)46-5/h1,7-17,19-21,43H,18,22H2,2-5H3,(H2,39,44)(H2,41,42,45). The predicted molar refractivity (Wildman–Crippen MR) is 184 cm³/mol. The van der Waals surface area contributed by atoms with Crippen LogP contribution in [0.1, 0.15) is 59.1 Å². The summed E-state index contributed by atoms with van der Waals surface area (Å²) in [6.07, 6.45) is 7.78. The molecule has 0 unspecified atom stereocenters. The third kappa shape index (κ3) is 7.52. The van der Waals surface area contributed by atoms with E-state index in [1.807, 2.05) is 63.2 Å². The number of terminal acetylenes is 1. The molecule has 0 fully saturated rings. The highest BCUT2D eigenvalue weighted by Gasteiger charge is 2.23. The molecule has 238 valence electrons. The number of hydrogen-bond acceptors (Lipinski definition) is 6. The second-order valence-corrected chi connectivity index (χ2v) is 12.1. The van der Waals surface area contributed by atoms with Gasteiger partial charge in [0.2, 0.25) is 0 Å². The van der Waals surface area contributed by atoms with Crippen LogP contribution in [0.25, 0.3) is 10.8 Å². The number of amides is 3. The maximum absolute atomic E-state index is 13.3. The van der Waals surface area contributed by atoms with Gasteiger partial charge in [0.1, 0.15) is 11.5 Å². The largest absolute Gasteiger partial charge is 0.494 e. The minimum absolute atomic E-state index is 0.104. The van der Waals surface area contributed by atoms with E-state index in [2.05, 4.69) is 21.5 Å². The topological polar surface area (TPSA) is 136 Å². The van der Waals surface area contributed by atoms with Gasteiger partial charge in [-0.2, -0.15) is 0 Å². The summed E-state index contributed by atoms with van der Waals surface area (Å²) in [7, 11) is 1.42. The van der Waals surface area contributed by atoms with Crippen LogP contribution >= 0.6 is 0 Å². The number of rotatable bonds is 9. The van der Waals surface area contributed by atoms with Crippen molar-refractivity contribution < 1.29 is 24.2 Å². The lowest BCUT2D eigenvalue weighted by Gasteiger charge is -2.23. The van der Waals surface area contributed by atoms with Crippen LogP contribution in [-0.2, 0) is 18.4 Å². The fourth-order valence-electron chi connectivity index (χ4n) is 5.29. The molecule has 9 nitrogen and oxygen atoms in total. The number of aromatic nitrogens is 1. The van der Waals surface area contributed by atoms with Crippen molar-refractivity contribution in [1.29, 1.82) is 0 Å². The van der Waals surface area contributed by atoms with Gasteiger partial charge in [0.25, 0.3) is 5.91 Å². The van der Waals surface area contributed by atoms with Gasteiger partial charge in [0.05, 0.1) is 30.7 Å². The second-order valence-electron chi connectivity index (χ2n) is 12.1. The molecule has 0 aliphatic heterocycles. The number of nitrogens with two attached hydrogens (primary N) is 1. The number of fused-ring (bicyclic) bond motifs is 1. The molecule has 0 aliphatic carbocycles. The van der Waals surface area contributed by atoms with Gasteiger partial charge < -0.3 is 30.9 Å². The normalized spacial score (nSPS) is 11.1. The fourth-order valence-corrected chi connectivity index (χ4v) is 5.29. The van der Waals surface area contributed by atoms with E-state index in [9.17, 15) is 14.7 Å². The Labute approximate surface area is 273 Å². The first-order valence-electron chi connectivity index (χ1n) is 14.9. The third-order valence-electron chi connectivity index (χ3n) is 7.61. The maximum Gasteiger partial charge on any atom is 0.323 e. The van der Waals surface area contributed by atoms with E-state index in [1.165, 1.54) is 7.11 Å². The highest BCUT2D eigenvalue weighted by molar-refractivity contribution is 6.09. The zero-order valence-electron chi connectivity index (χ0n) is 26.7. The number of anilines is 2. The highest BCUT2D eigenvalue weighted by atomic mass is 16.5. The van der Waals surface area contributed by atoms with Crippen molar-refractivity contribution in [3.05, 3.63) is 119 Å². The van der Waals surface area contributed by atoms with Crippen LogP contribution in [0, 0.1) is 12.3 Å². The lowest BCUT2D eigenvalue weighted by atomic mass is 9.85. The number of nitrogens with zero attached hydrogens (tertiary/aromatic N) is 1. The highest BCUT2D eigenvalue weighted by Crippen LogP contribution is 2.37. The predicted octanol–water partition coefficient (Wildman–Crippen LogP) is 7.14. The van der Waals surface area contributed by atoms with Gasteiger partial charge in [-0.25, -0.2) is 4.79 Å². The Bertz CT molecular complexity index is 2020. The molecule has 0 bridgehead atoms. The summed E-state index contributed by atoms with van der Waals surface area (Å²) >= 11 is 0. The second kappa shape index (κ2) is 13.6. The smallest absolute Gasteiger partial charge is 0.323 e. The summed E-state index contributed by atoms with van der Waals surface area (Å²) in [4.78, 5) is 30.0. The molecule has 5 rings (SSSR count). The average Bonchev–Trinajstić information content (AvgIpc) is 3.05. The summed E-state index contributed by atoms with van der Waals surface area (Å²) in [5.41, 5.74) is 10.3. The number of hydrogen-bond donors (Lipinski definition) is 4. The van der Waals surface area contributed by atoms with Crippen LogP contribution in [0.4, 0.5) is 16.2 Å². The van der Waals surface area contributed by atoms with Crippen LogP contribution in [0.2, 0.25) is 0 Å². The SMILES string of the molecule is C#Cc1cc(CO)cc(Cc2cc(Oc3ccc(NC(=O)Nc4cc(C(C)(C)C)cc(C(N)=O)c4OC)c4ccccc34)ccn2)c1. The Balaban J connectivity index is 1.39. The van der Waals surface area contributed by atoms with E-state index in [1.54, 1.807) is 42.6 Å². The number of nitrogens with one attached hydrogen (secondary N) is 2. The van der Waals surface area contributed by atoms with Crippen molar-refractivity contribution in [3.63, 3.8) is 0 Å². The molecule has 0 atom stereocenters. The number of carbonyl (C=O) groups is 2. The summed E-state index contributed by atoms with van der Waals surface area (Å²) in [5, 5.41) is 16.9. The van der Waals surface area contributed by atoms with Crippen LogP contribution < -0.4 is 25.8 Å².